The topological polar surface area (TPSA) is 47.4 Å². The number of aryl methyl sites for hydroxylation is 3. The van der Waals surface area contributed by atoms with E-state index in [1.807, 2.05) is 41.3 Å². The Balaban J connectivity index is 1.41. The van der Waals surface area contributed by atoms with E-state index >= 15 is 0 Å². The molecular weight excluding hydrogens is 422 g/mol. The number of aromatic nitrogens is 2. The van der Waals surface area contributed by atoms with Crippen molar-refractivity contribution < 1.29 is 9.53 Å². The summed E-state index contributed by atoms with van der Waals surface area (Å²) in [6, 6.07) is 22.7. The molecule has 0 N–H and O–H groups in total. The minimum Gasteiger partial charge on any atom is -0.491 e. The zero-order chi connectivity index (χ0) is 23.7. The molecule has 1 fully saturated rings. The second kappa shape index (κ2) is 9.34. The van der Waals surface area contributed by atoms with Gasteiger partial charge in [0.15, 0.2) is 0 Å². The Kier molecular flexibility index (Phi) is 6.10. The van der Waals surface area contributed by atoms with Gasteiger partial charge in [0.05, 0.1) is 17.6 Å². The summed E-state index contributed by atoms with van der Waals surface area (Å²) in [7, 11) is 0. The van der Waals surface area contributed by atoms with E-state index in [1.54, 1.807) is 0 Å². The molecule has 34 heavy (non-hydrogen) atoms. The lowest BCUT2D eigenvalue weighted by Crippen LogP contribution is -2.25. The molecule has 5 heteroatoms. The van der Waals surface area contributed by atoms with Gasteiger partial charge < -0.3 is 14.2 Å². The Hall–Kier alpha value is -3.60. The maximum atomic E-state index is 13.1. The Morgan fingerprint density at radius 1 is 1.03 bits per heavy atom. The number of para-hydroxylation sites is 3. The van der Waals surface area contributed by atoms with E-state index < -0.39 is 0 Å². The van der Waals surface area contributed by atoms with Crippen LogP contribution in [-0.4, -0.2) is 28.6 Å². The van der Waals surface area contributed by atoms with Gasteiger partial charge in [0.25, 0.3) is 0 Å². The Morgan fingerprint density at radius 2 is 1.82 bits per heavy atom. The van der Waals surface area contributed by atoms with Crippen LogP contribution in [0.15, 0.2) is 66.7 Å². The highest BCUT2D eigenvalue weighted by Crippen LogP contribution is 2.34. The minimum absolute atomic E-state index is 0.0472. The molecule has 1 aliphatic heterocycles. The summed E-state index contributed by atoms with van der Waals surface area (Å²) in [6.07, 6.45) is 1.37. The first kappa shape index (κ1) is 22.2. The highest BCUT2D eigenvalue weighted by molar-refractivity contribution is 5.97. The maximum absolute atomic E-state index is 13.1. The van der Waals surface area contributed by atoms with Crippen LogP contribution in [0.25, 0.3) is 11.0 Å². The smallest absolute Gasteiger partial charge is 0.227 e. The fraction of sp³-hybridized carbons (Fsp3) is 0.310. The third kappa shape index (κ3) is 4.18. The van der Waals surface area contributed by atoms with Crippen molar-refractivity contribution in [1.29, 1.82) is 0 Å². The molecular formula is C29H31N3O2. The number of fused-ring (bicyclic) bond motifs is 1. The van der Waals surface area contributed by atoms with Crippen LogP contribution >= 0.6 is 0 Å². The number of amides is 1. The van der Waals surface area contributed by atoms with Gasteiger partial charge >= 0.3 is 0 Å². The SMILES string of the molecule is CCc1ccccc1N1CC(c2nc3ccccc3n2CCOc2ccc(C)cc2C)CC1=O. The van der Waals surface area contributed by atoms with Crippen molar-refractivity contribution >= 4 is 22.6 Å². The molecule has 2 heterocycles. The van der Waals surface area contributed by atoms with Crippen molar-refractivity contribution in [3.8, 4) is 5.75 Å². The summed E-state index contributed by atoms with van der Waals surface area (Å²) in [5.74, 6) is 2.09. The van der Waals surface area contributed by atoms with Gasteiger partial charge in [-0.25, -0.2) is 4.98 Å². The molecule has 0 spiro atoms. The van der Waals surface area contributed by atoms with Crippen molar-refractivity contribution in [2.45, 2.75) is 46.1 Å². The quantitative estimate of drug-likeness (QED) is 0.354. The molecule has 1 atom stereocenters. The summed E-state index contributed by atoms with van der Waals surface area (Å²) in [5, 5.41) is 0. The molecule has 0 aliphatic carbocycles. The fourth-order valence-corrected chi connectivity index (χ4v) is 5.04. The van der Waals surface area contributed by atoms with E-state index in [4.69, 9.17) is 9.72 Å². The number of imidazole rings is 1. The molecule has 1 amide bonds. The van der Waals surface area contributed by atoms with E-state index in [0.29, 0.717) is 26.1 Å². The molecule has 1 saturated heterocycles. The van der Waals surface area contributed by atoms with Crippen LogP contribution < -0.4 is 9.64 Å². The fourth-order valence-electron chi connectivity index (χ4n) is 5.04. The Morgan fingerprint density at radius 3 is 2.65 bits per heavy atom. The van der Waals surface area contributed by atoms with Crippen LogP contribution in [0.1, 0.15) is 41.8 Å². The third-order valence-corrected chi connectivity index (χ3v) is 6.74. The highest BCUT2D eigenvalue weighted by Gasteiger charge is 2.35. The summed E-state index contributed by atoms with van der Waals surface area (Å²) in [4.78, 5) is 20.0. The normalized spacial score (nSPS) is 15.9. The number of ether oxygens (including phenoxy) is 1. The number of carbonyl (C=O) groups is 1. The van der Waals surface area contributed by atoms with Crippen molar-refractivity contribution in [1.82, 2.24) is 9.55 Å². The number of carbonyl (C=O) groups excluding carboxylic acids is 1. The number of hydrogen-bond donors (Lipinski definition) is 0. The molecule has 174 valence electrons. The number of hydrogen-bond acceptors (Lipinski definition) is 3. The van der Waals surface area contributed by atoms with Gasteiger partial charge in [0, 0.05) is 24.6 Å². The van der Waals surface area contributed by atoms with Crippen LogP contribution in [-0.2, 0) is 17.8 Å². The van der Waals surface area contributed by atoms with Gasteiger partial charge in [-0.1, -0.05) is 55.0 Å². The molecule has 1 aromatic heterocycles. The van der Waals surface area contributed by atoms with E-state index in [1.165, 1.54) is 11.1 Å². The van der Waals surface area contributed by atoms with Gasteiger partial charge in [-0.15, -0.1) is 0 Å². The first-order valence-corrected chi connectivity index (χ1v) is 12.1. The van der Waals surface area contributed by atoms with Crippen LogP contribution in [0.4, 0.5) is 5.69 Å². The third-order valence-electron chi connectivity index (χ3n) is 6.74. The highest BCUT2D eigenvalue weighted by atomic mass is 16.5. The molecule has 4 aromatic rings. The average Bonchev–Trinajstić information content (AvgIpc) is 3.41. The standard InChI is InChI=1S/C29H31N3O2/c1-4-22-9-5-7-11-25(22)32-19-23(18-28(32)33)29-30-24-10-6-8-12-26(24)31(29)15-16-34-27-14-13-20(2)17-21(27)3/h5-14,17,23H,4,15-16,18-19H2,1-3H3. The van der Waals surface area contributed by atoms with E-state index in [-0.39, 0.29) is 11.8 Å². The van der Waals surface area contributed by atoms with Crippen LogP contribution in [0, 0.1) is 13.8 Å². The summed E-state index contributed by atoms with van der Waals surface area (Å²) < 4.78 is 8.39. The second-order valence-electron chi connectivity index (χ2n) is 9.12. The van der Waals surface area contributed by atoms with E-state index in [2.05, 4.69) is 55.7 Å². The molecule has 1 unspecified atom stereocenters. The minimum atomic E-state index is 0.0472. The molecule has 0 radical (unpaired) electrons. The van der Waals surface area contributed by atoms with Gasteiger partial charge in [-0.3, -0.25) is 4.79 Å². The average molecular weight is 454 g/mol. The molecule has 0 saturated carbocycles. The Bertz CT molecular complexity index is 1340. The van der Waals surface area contributed by atoms with Gasteiger partial charge in [-0.05, 0) is 55.7 Å². The first-order valence-electron chi connectivity index (χ1n) is 12.1. The lowest BCUT2D eigenvalue weighted by molar-refractivity contribution is -0.117. The molecule has 3 aromatic carbocycles. The summed E-state index contributed by atoms with van der Waals surface area (Å²) in [6.45, 7) is 8.17. The summed E-state index contributed by atoms with van der Waals surface area (Å²) >= 11 is 0. The zero-order valence-corrected chi connectivity index (χ0v) is 20.1. The number of rotatable bonds is 7. The lowest BCUT2D eigenvalue weighted by atomic mass is 10.1. The number of anilines is 1. The van der Waals surface area contributed by atoms with Crippen LogP contribution in [0.5, 0.6) is 5.75 Å². The predicted octanol–water partition coefficient (Wildman–Crippen LogP) is 5.82. The van der Waals surface area contributed by atoms with Crippen molar-refractivity contribution in [2.24, 2.45) is 0 Å². The van der Waals surface area contributed by atoms with E-state index in [0.717, 1.165) is 40.3 Å². The maximum Gasteiger partial charge on any atom is 0.227 e. The summed E-state index contributed by atoms with van der Waals surface area (Å²) in [5.41, 5.74) is 6.64. The number of nitrogens with zero attached hydrogens (tertiary/aromatic N) is 3. The molecule has 0 bridgehead atoms. The van der Waals surface area contributed by atoms with Crippen molar-refractivity contribution in [3.05, 3.63) is 89.2 Å². The largest absolute Gasteiger partial charge is 0.491 e. The Labute approximate surface area is 201 Å². The van der Waals surface area contributed by atoms with Gasteiger partial charge in [0.2, 0.25) is 5.91 Å². The van der Waals surface area contributed by atoms with Gasteiger partial charge in [-0.2, -0.15) is 0 Å². The van der Waals surface area contributed by atoms with Crippen molar-refractivity contribution in [3.63, 3.8) is 0 Å². The molecule has 5 nitrogen and oxygen atoms in total. The first-order chi connectivity index (χ1) is 16.5. The second-order valence-corrected chi connectivity index (χ2v) is 9.12. The van der Waals surface area contributed by atoms with Gasteiger partial charge in [0.1, 0.15) is 18.2 Å². The molecule has 5 rings (SSSR count). The van der Waals surface area contributed by atoms with Crippen LogP contribution in [0.2, 0.25) is 0 Å². The zero-order valence-electron chi connectivity index (χ0n) is 20.1. The van der Waals surface area contributed by atoms with Crippen molar-refractivity contribution in [2.75, 3.05) is 18.1 Å². The van der Waals surface area contributed by atoms with E-state index in [9.17, 15) is 4.79 Å². The van der Waals surface area contributed by atoms with Crippen LogP contribution in [0.3, 0.4) is 0 Å². The molecule has 1 aliphatic rings. The lowest BCUT2D eigenvalue weighted by Gasteiger charge is -2.20. The number of benzene rings is 3. The predicted molar refractivity (Wildman–Crippen MR) is 137 cm³/mol. The monoisotopic (exact) mass is 453 g/mol.